The Balaban J connectivity index is 1.67. The predicted octanol–water partition coefficient (Wildman–Crippen LogP) is 3.14. The highest BCUT2D eigenvalue weighted by molar-refractivity contribution is 8.00. The molecule has 37 heavy (non-hydrogen) atoms. The summed E-state index contributed by atoms with van der Waals surface area (Å²) < 4.78 is 32.2. The molecular weight excluding hydrogens is 519 g/mol. The maximum absolute atomic E-state index is 13.8. The lowest BCUT2D eigenvalue weighted by Crippen LogP contribution is -2.39. The summed E-state index contributed by atoms with van der Waals surface area (Å²) in [6.45, 7) is 5.98. The molecule has 3 rings (SSSR count). The lowest BCUT2D eigenvalue weighted by Gasteiger charge is -2.28. The van der Waals surface area contributed by atoms with Crippen molar-refractivity contribution < 1.29 is 28.6 Å². The van der Waals surface area contributed by atoms with Crippen molar-refractivity contribution in [3.05, 3.63) is 53.1 Å². The molecule has 0 spiro atoms. The fourth-order valence-electron chi connectivity index (χ4n) is 3.78. The molecule has 206 valence electrons. The zero-order valence-corrected chi connectivity index (χ0v) is 23.0. The number of para-hydroxylation sites is 1. The number of aliphatic hydroxyl groups excluding tert-OH is 2. The minimum atomic E-state index is -4.01. The van der Waals surface area contributed by atoms with E-state index in [4.69, 9.17) is 19.5 Å². The number of nitrogens with two attached hydrogens (primary N) is 1. The van der Waals surface area contributed by atoms with Gasteiger partial charge in [0.15, 0.2) is 6.29 Å². The molecule has 0 amide bonds. The van der Waals surface area contributed by atoms with Crippen molar-refractivity contribution in [2.24, 2.45) is 5.92 Å². The van der Waals surface area contributed by atoms with Crippen LogP contribution in [0.3, 0.4) is 0 Å². The van der Waals surface area contributed by atoms with E-state index >= 15 is 0 Å². The summed E-state index contributed by atoms with van der Waals surface area (Å²) in [4.78, 5) is 16.0. The van der Waals surface area contributed by atoms with Crippen LogP contribution in [-0.2, 0) is 13.8 Å². The summed E-state index contributed by atoms with van der Waals surface area (Å²) in [7, 11) is -4.01. The molecule has 0 bridgehead atoms. The Labute approximate surface area is 221 Å². The number of aliphatic hydroxyl groups is 2. The number of thioether (sulfide) groups is 1. The van der Waals surface area contributed by atoms with Crippen molar-refractivity contribution in [2.45, 2.75) is 69.1 Å². The minimum absolute atomic E-state index is 0.120. The first-order chi connectivity index (χ1) is 17.6. The summed E-state index contributed by atoms with van der Waals surface area (Å²) in [6.07, 6.45) is 1.60. The van der Waals surface area contributed by atoms with Crippen LogP contribution in [0.1, 0.15) is 45.4 Å². The van der Waals surface area contributed by atoms with Crippen molar-refractivity contribution in [2.75, 3.05) is 18.9 Å². The maximum atomic E-state index is 13.8. The molecule has 2 heterocycles. The topological polar surface area (TPSA) is 158 Å². The van der Waals surface area contributed by atoms with Crippen LogP contribution in [0.2, 0.25) is 0 Å². The summed E-state index contributed by atoms with van der Waals surface area (Å²) in [6, 6.07) is 9.27. The van der Waals surface area contributed by atoms with Crippen LogP contribution >= 0.6 is 19.5 Å². The molecule has 1 aromatic carbocycles. The van der Waals surface area contributed by atoms with Crippen LogP contribution in [0.5, 0.6) is 5.75 Å². The van der Waals surface area contributed by atoms with Gasteiger partial charge in [0.1, 0.15) is 11.6 Å². The fraction of sp³-hybridized carbons (Fsp3) is 0.583. The van der Waals surface area contributed by atoms with Gasteiger partial charge in [0.25, 0.3) is 0 Å². The van der Waals surface area contributed by atoms with Crippen LogP contribution in [0.4, 0.5) is 5.82 Å². The second kappa shape index (κ2) is 13.7. The van der Waals surface area contributed by atoms with Crippen LogP contribution in [0.15, 0.2) is 47.4 Å². The molecule has 13 heteroatoms. The van der Waals surface area contributed by atoms with E-state index in [1.807, 2.05) is 0 Å². The van der Waals surface area contributed by atoms with Gasteiger partial charge in [-0.3, -0.25) is 9.09 Å². The van der Waals surface area contributed by atoms with E-state index in [-0.39, 0.29) is 24.2 Å². The van der Waals surface area contributed by atoms with Crippen LogP contribution < -0.4 is 21.0 Å². The Morgan fingerprint density at radius 3 is 2.62 bits per heavy atom. The highest BCUT2D eigenvalue weighted by atomic mass is 32.2. The quantitative estimate of drug-likeness (QED) is 0.200. The number of aromatic nitrogens is 2. The Morgan fingerprint density at radius 2 is 1.97 bits per heavy atom. The number of anilines is 1. The van der Waals surface area contributed by atoms with Gasteiger partial charge in [-0.2, -0.15) is 4.98 Å². The summed E-state index contributed by atoms with van der Waals surface area (Å²) in [5, 5.41) is 23.0. The SMILES string of the molecule is CCC(CC)COC(O)[C@H](C)NP(=O)(OC[C@H]1S[C@@H](n2ccc(N)nc2=O)C[C@H]1O)Oc1ccccc1. The average Bonchev–Trinajstić information content (AvgIpc) is 3.23. The van der Waals surface area contributed by atoms with Crippen molar-refractivity contribution in [3.63, 3.8) is 0 Å². The number of hydrogen-bond donors (Lipinski definition) is 4. The van der Waals surface area contributed by atoms with Crippen molar-refractivity contribution in [1.82, 2.24) is 14.6 Å². The van der Waals surface area contributed by atoms with E-state index in [0.29, 0.717) is 18.3 Å². The van der Waals surface area contributed by atoms with Gasteiger partial charge in [-0.15, -0.1) is 11.8 Å². The Kier molecular flexibility index (Phi) is 11.0. The van der Waals surface area contributed by atoms with E-state index in [2.05, 4.69) is 23.9 Å². The maximum Gasteiger partial charge on any atom is 0.459 e. The number of benzene rings is 1. The molecule has 1 aliphatic heterocycles. The highest BCUT2D eigenvalue weighted by Crippen LogP contribution is 2.48. The number of ether oxygens (including phenoxy) is 1. The normalized spacial score (nSPS) is 23.0. The monoisotopic (exact) mass is 556 g/mol. The third-order valence-corrected chi connectivity index (χ3v) is 9.39. The van der Waals surface area contributed by atoms with Crippen molar-refractivity contribution in [3.8, 4) is 5.75 Å². The molecule has 0 radical (unpaired) electrons. The number of hydrogen-bond acceptors (Lipinski definition) is 10. The van der Waals surface area contributed by atoms with Crippen LogP contribution in [0, 0.1) is 5.92 Å². The zero-order valence-electron chi connectivity index (χ0n) is 21.3. The Morgan fingerprint density at radius 1 is 1.27 bits per heavy atom. The molecular formula is C24H37N4O7PS. The fourth-order valence-corrected chi connectivity index (χ4v) is 6.88. The number of rotatable bonds is 14. The third-order valence-electron chi connectivity index (χ3n) is 6.19. The molecule has 1 fully saturated rings. The van der Waals surface area contributed by atoms with Gasteiger partial charge in [-0.25, -0.2) is 14.4 Å². The molecule has 1 aromatic heterocycles. The van der Waals surface area contributed by atoms with Gasteiger partial charge in [0, 0.05) is 12.6 Å². The molecule has 0 aliphatic carbocycles. The first-order valence-corrected chi connectivity index (χ1v) is 14.9. The molecule has 2 unspecified atom stereocenters. The first-order valence-electron chi connectivity index (χ1n) is 12.4. The largest absolute Gasteiger partial charge is 0.459 e. The number of nitrogens with one attached hydrogen (secondary N) is 1. The summed E-state index contributed by atoms with van der Waals surface area (Å²) in [5.41, 5.74) is 5.06. The van der Waals surface area contributed by atoms with Gasteiger partial charge in [0.2, 0.25) is 0 Å². The van der Waals surface area contributed by atoms with E-state index in [9.17, 15) is 19.6 Å². The molecule has 6 atom stereocenters. The third kappa shape index (κ3) is 8.54. The van der Waals surface area contributed by atoms with Gasteiger partial charge >= 0.3 is 13.4 Å². The van der Waals surface area contributed by atoms with Crippen molar-refractivity contribution >= 4 is 25.3 Å². The lowest BCUT2D eigenvalue weighted by molar-refractivity contribution is -0.123. The van der Waals surface area contributed by atoms with Crippen LogP contribution in [0.25, 0.3) is 0 Å². The molecule has 2 aromatic rings. The standard InChI is InChI=1S/C24H37N4O7PS/c1-4-17(5-2)14-33-23(30)16(3)27-36(32,35-18-9-7-6-8-10-18)34-15-20-19(29)13-22(37-20)28-12-11-21(25)26-24(28)31/h6-12,16-17,19-20,22-23,29-30H,4-5,13-15H2,1-3H3,(H,27,32)(H2,25,26,31)/t16-,19+,20+,22+,23?,36?/m0/s1. The highest BCUT2D eigenvalue weighted by Gasteiger charge is 2.39. The smallest absolute Gasteiger partial charge is 0.413 e. The Hall–Kier alpha value is -1.92. The van der Waals surface area contributed by atoms with Gasteiger partial charge in [0.05, 0.1) is 36.0 Å². The molecule has 5 N–H and O–H groups in total. The predicted molar refractivity (Wildman–Crippen MR) is 143 cm³/mol. The van der Waals surface area contributed by atoms with E-state index in [0.717, 1.165) is 12.8 Å². The van der Waals surface area contributed by atoms with E-state index in [1.54, 1.807) is 37.3 Å². The average molecular weight is 557 g/mol. The number of nitrogen functional groups attached to an aromatic ring is 1. The molecule has 0 saturated carbocycles. The molecule has 11 nitrogen and oxygen atoms in total. The van der Waals surface area contributed by atoms with Gasteiger partial charge in [-0.05, 0) is 31.0 Å². The summed E-state index contributed by atoms with van der Waals surface area (Å²) >= 11 is 1.31. The van der Waals surface area contributed by atoms with Gasteiger partial charge in [-0.1, -0.05) is 44.9 Å². The number of nitrogens with zero attached hydrogens (tertiary/aromatic N) is 2. The second-order valence-electron chi connectivity index (χ2n) is 9.00. The van der Waals surface area contributed by atoms with E-state index in [1.165, 1.54) is 28.6 Å². The first kappa shape index (κ1) is 29.6. The second-order valence-corrected chi connectivity index (χ2v) is 12.1. The van der Waals surface area contributed by atoms with Gasteiger partial charge < -0.3 is 25.2 Å². The molecule has 1 saturated heterocycles. The lowest BCUT2D eigenvalue weighted by atomic mass is 10.1. The minimum Gasteiger partial charge on any atom is -0.413 e. The Bertz CT molecular complexity index is 1090. The molecule has 1 aliphatic rings. The van der Waals surface area contributed by atoms with Crippen LogP contribution in [-0.4, -0.2) is 56.7 Å². The van der Waals surface area contributed by atoms with Crippen molar-refractivity contribution in [1.29, 1.82) is 0 Å². The summed E-state index contributed by atoms with van der Waals surface area (Å²) in [5.74, 6) is 0.744. The van der Waals surface area contributed by atoms with E-state index < -0.39 is 37.1 Å². The zero-order chi connectivity index (χ0) is 27.0.